The van der Waals surface area contributed by atoms with Crippen LogP contribution in [0.1, 0.15) is 19.8 Å². The first-order valence-electron chi connectivity index (χ1n) is 6.49. The molecule has 1 aliphatic heterocycles. The zero-order chi connectivity index (χ0) is 15.6. The maximum Gasteiger partial charge on any atom is 0.307 e. The number of rotatable bonds is 5. The third-order valence-corrected chi connectivity index (χ3v) is 4.51. The van der Waals surface area contributed by atoms with Crippen LogP contribution in [0, 0.1) is 0 Å². The predicted octanol–water partition coefficient (Wildman–Crippen LogP) is 2.53. The molecule has 0 aromatic heterocycles. The van der Waals surface area contributed by atoms with E-state index in [9.17, 15) is 17.1 Å². The van der Waals surface area contributed by atoms with Crippen LogP contribution in [0.2, 0.25) is 5.02 Å². The van der Waals surface area contributed by atoms with Crippen LogP contribution in [0.25, 0.3) is 0 Å². The molecule has 0 spiro atoms. The first-order valence-corrected chi connectivity index (χ1v) is 8.31. The minimum atomic E-state index is -4.75. The average molecular weight is 336 g/mol. The highest BCUT2D eigenvalue weighted by Gasteiger charge is 2.40. The van der Waals surface area contributed by atoms with Gasteiger partial charge in [-0.25, -0.2) is 0 Å². The number of benzene rings is 1. The van der Waals surface area contributed by atoms with Crippen molar-refractivity contribution in [3.05, 3.63) is 23.2 Å². The Morgan fingerprint density at radius 3 is 2.76 bits per heavy atom. The number of ether oxygens (including phenoxy) is 1. The summed E-state index contributed by atoms with van der Waals surface area (Å²) in [4.78, 5) is 13.2. The Kier molecular flexibility index (Phi) is 4.73. The van der Waals surface area contributed by atoms with Crippen molar-refractivity contribution in [1.82, 2.24) is 0 Å². The molecule has 1 aliphatic rings. The number of nitrogens with zero attached hydrogens (tertiary/aromatic N) is 1. The monoisotopic (exact) mass is 335 g/mol. The standard InChI is InChI=1S/C13H15ClFNO4S/c1-2-5-20-12-4-3-9(14)6-11(12)16-8-10(7-13(16)17)21(15,18)19/h3-4,6,10H,2,5,7-8H2,1H3. The van der Waals surface area contributed by atoms with Crippen LogP contribution in [0.4, 0.5) is 9.57 Å². The largest absolute Gasteiger partial charge is 0.491 e. The molecule has 116 valence electrons. The van der Waals surface area contributed by atoms with E-state index in [0.29, 0.717) is 23.1 Å². The van der Waals surface area contributed by atoms with E-state index in [0.717, 1.165) is 6.42 Å². The SMILES string of the molecule is CCCOc1ccc(Cl)cc1N1CC(S(=O)(=O)F)CC1=O. The number of carbonyl (C=O) groups is 1. The molecule has 0 aliphatic carbocycles. The van der Waals surface area contributed by atoms with Crippen molar-refractivity contribution in [3.63, 3.8) is 0 Å². The van der Waals surface area contributed by atoms with Crippen molar-refractivity contribution >= 4 is 33.4 Å². The second-order valence-corrected chi connectivity index (χ2v) is 6.82. The Balaban J connectivity index is 2.33. The summed E-state index contributed by atoms with van der Waals surface area (Å²) in [6.07, 6.45) is 0.399. The molecule has 5 nitrogen and oxygen atoms in total. The smallest absolute Gasteiger partial charge is 0.307 e. The van der Waals surface area contributed by atoms with Gasteiger partial charge in [0.15, 0.2) is 0 Å². The molecule has 0 radical (unpaired) electrons. The summed E-state index contributed by atoms with van der Waals surface area (Å²) in [5.41, 5.74) is 0.368. The van der Waals surface area contributed by atoms with Crippen LogP contribution in [0.3, 0.4) is 0 Å². The van der Waals surface area contributed by atoms with Crippen molar-refractivity contribution in [2.75, 3.05) is 18.1 Å². The number of hydrogen-bond acceptors (Lipinski definition) is 4. The normalized spacial score (nSPS) is 19.1. The van der Waals surface area contributed by atoms with Crippen molar-refractivity contribution in [2.24, 2.45) is 0 Å². The van der Waals surface area contributed by atoms with Crippen LogP contribution in [0.5, 0.6) is 5.75 Å². The predicted molar refractivity (Wildman–Crippen MR) is 78.0 cm³/mol. The molecule has 0 N–H and O–H groups in total. The summed E-state index contributed by atoms with van der Waals surface area (Å²) in [6, 6.07) is 4.73. The summed E-state index contributed by atoms with van der Waals surface area (Å²) < 4.78 is 40.6. The fourth-order valence-corrected chi connectivity index (χ4v) is 2.97. The number of amides is 1. The van der Waals surface area contributed by atoms with E-state index in [1.807, 2.05) is 6.92 Å². The van der Waals surface area contributed by atoms with Gasteiger partial charge in [-0.3, -0.25) is 4.79 Å². The van der Waals surface area contributed by atoms with E-state index in [-0.39, 0.29) is 13.0 Å². The van der Waals surface area contributed by atoms with Gasteiger partial charge in [-0.05, 0) is 24.6 Å². The van der Waals surface area contributed by atoms with Crippen molar-refractivity contribution in [1.29, 1.82) is 0 Å². The van der Waals surface area contributed by atoms with E-state index in [1.165, 1.54) is 11.0 Å². The van der Waals surface area contributed by atoms with Crippen LogP contribution < -0.4 is 9.64 Å². The second-order valence-electron chi connectivity index (χ2n) is 4.77. The van der Waals surface area contributed by atoms with E-state index in [4.69, 9.17) is 16.3 Å². The highest BCUT2D eigenvalue weighted by atomic mass is 35.5. The third kappa shape index (κ3) is 3.65. The van der Waals surface area contributed by atoms with Gasteiger partial charge >= 0.3 is 10.2 Å². The first kappa shape index (κ1) is 16.0. The van der Waals surface area contributed by atoms with Gasteiger partial charge in [0.05, 0.1) is 12.3 Å². The highest BCUT2D eigenvalue weighted by Crippen LogP contribution is 2.35. The second kappa shape index (κ2) is 6.19. The Morgan fingerprint density at radius 1 is 1.48 bits per heavy atom. The quantitative estimate of drug-likeness (QED) is 0.776. The van der Waals surface area contributed by atoms with Gasteiger partial charge in [-0.15, -0.1) is 3.89 Å². The lowest BCUT2D eigenvalue weighted by Crippen LogP contribution is -2.27. The van der Waals surface area contributed by atoms with E-state index in [1.54, 1.807) is 12.1 Å². The van der Waals surface area contributed by atoms with Crippen molar-refractivity contribution in [3.8, 4) is 5.75 Å². The molecular formula is C13H15ClFNO4S. The van der Waals surface area contributed by atoms with Gasteiger partial charge in [0.2, 0.25) is 5.91 Å². The van der Waals surface area contributed by atoms with Crippen LogP contribution >= 0.6 is 11.6 Å². The topological polar surface area (TPSA) is 63.7 Å². The molecule has 0 bridgehead atoms. The summed E-state index contributed by atoms with van der Waals surface area (Å²) in [5, 5.41) is -0.962. The molecule has 1 aromatic rings. The van der Waals surface area contributed by atoms with Crippen molar-refractivity contribution in [2.45, 2.75) is 25.0 Å². The van der Waals surface area contributed by atoms with Gasteiger partial charge in [0.25, 0.3) is 0 Å². The van der Waals surface area contributed by atoms with E-state index >= 15 is 0 Å². The first-order chi connectivity index (χ1) is 9.82. The Hall–Kier alpha value is -1.34. The number of carbonyl (C=O) groups excluding carboxylic acids is 1. The molecule has 0 saturated carbocycles. The maximum atomic E-state index is 13.1. The number of halogens is 2. The van der Waals surface area contributed by atoms with Crippen LogP contribution in [-0.4, -0.2) is 32.7 Å². The fraction of sp³-hybridized carbons (Fsp3) is 0.462. The zero-order valence-electron chi connectivity index (χ0n) is 11.4. The van der Waals surface area contributed by atoms with Crippen LogP contribution in [0.15, 0.2) is 18.2 Å². The van der Waals surface area contributed by atoms with E-state index < -0.39 is 21.4 Å². The molecule has 1 atom stereocenters. The Bertz CT molecular complexity index is 650. The molecular weight excluding hydrogens is 321 g/mol. The fourth-order valence-electron chi connectivity index (χ4n) is 2.13. The number of anilines is 1. The zero-order valence-corrected chi connectivity index (χ0v) is 13.0. The summed E-state index contributed by atoms with van der Waals surface area (Å²) in [5.74, 6) is -0.0450. The Labute approximate surface area is 127 Å². The van der Waals surface area contributed by atoms with Gasteiger partial charge in [0, 0.05) is 18.0 Å². The summed E-state index contributed by atoms with van der Waals surface area (Å²) in [7, 11) is -4.75. The third-order valence-electron chi connectivity index (χ3n) is 3.16. The average Bonchev–Trinajstić information content (AvgIpc) is 2.79. The minimum Gasteiger partial charge on any atom is -0.491 e. The molecule has 1 unspecified atom stereocenters. The lowest BCUT2D eigenvalue weighted by molar-refractivity contribution is -0.117. The highest BCUT2D eigenvalue weighted by molar-refractivity contribution is 7.87. The molecule has 1 heterocycles. The van der Waals surface area contributed by atoms with Crippen molar-refractivity contribution < 1.29 is 21.8 Å². The molecule has 2 rings (SSSR count). The molecule has 1 fully saturated rings. The van der Waals surface area contributed by atoms with Gasteiger partial charge < -0.3 is 9.64 Å². The summed E-state index contributed by atoms with van der Waals surface area (Å²) >= 11 is 5.92. The minimum absolute atomic E-state index is 0.236. The molecule has 21 heavy (non-hydrogen) atoms. The maximum absolute atomic E-state index is 13.1. The van der Waals surface area contributed by atoms with Crippen LogP contribution in [-0.2, 0) is 15.0 Å². The van der Waals surface area contributed by atoms with Gasteiger partial charge in [-0.2, -0.15) is 8.42 Å². The summed E-state index contributed by atoms with van der Waals surface area (Å²) in [6.45, 7) is 2.14. The van der Waals surface area contributed by atoms with E-state index in [2.05, 4.69) is 0 Å². The molecule has 1 aromatic carbocycles. The van der Waals surface area contributed by atoms with Gasteiger partial charge in [0.1, 0.15) is 11.0 Å². The van der Waals surface area contributed by atoms with Gasteiger partial charge in [-0.1, -0.05) is 18.5 Å². The Morgan fingerprint density at radius 2 is 2.19 bits per heavy atom. The lowest BCUT2D eigenvalue weighted by atomic mass is 10.2. The number of hydrogen-bond donors (Lipinski definition) is 0. The lowest BCUT2D eigenvalue weighted by Gasteiger charge is -2.20. The molecule has 1 amide bonds. The molecule has 1 saturated heterocycles. The molecule has 8 heteroatoms.